The number of methoxy groups -OCH3 is 1. The van der Waals surface area contributed by atoms with Gasteiger partial charge in [0, 0.05) is 0 Å². The largest absolute Gasteiger partial charge is 0.494 e. The molecule has 1 aliphatic carbocycles. The summed E-state index contributed by atoms with van der Waals surface area (Å²) in [5.74, 6) is 1.31. The van der Waals surface area contributed by atoms with Gasteiger partial charge in [0.1, 0.15) is 0 Å². The number of hydrogen-bond donors (Lipinski definition) is 1. The Bertz CT molecular complexity index is 423. The number of aliphatic hydroxyl groups is 1. The molecule has 19 heavy (non-hydrogen) atoms. The Morgan fingerprint density at radius 1 is 1.21 bits per heavy atom. The molecule has 0 aromatic heterocycles. The molecule has 0 heterocycles. The first-order valence-corrected chi connectivity index (χ1v) is 7.02. The highest BCUT2D eigenvalue weighted by molar-refractivity contribution is 5.30. The first-order valence-electron chi connectivity index (χ1n) is 7.02. The van der Waals surface area contributed by atoms with Crippen LogP contribution in [0.5, 0.6) is 5.75 Å². The van der Waals surface area contributed by atoms with Gasteiger partial charge in [-0.2, -0.15) is 0 Å². The molecule has 0 bridgehead atoms. The Morgan fingerprint density at radius 3 is 2.37 bits per heavy atom. The van der Waals surface area contributed by atoms with Crippen LogP contribution in [0.15, 0.2) is 18.2 Å². The van der Waals surface area contributed by atoms with Crippen LogP contribution in [-0.4, -0.2) is 12.2 Å². The molecule has 1 aromatic carbocycles. The van der Waals surface area contributed by atoms with Gasteiger partial charge in [-0.1, -0.05) is 19.9 Å². The lowest BCUT2D eigenvalue weighted by Crippen LogP contribution is -2.24. The second-order valence-corrected chi connectivity index (χ2v) is 6.02. The van der Waals surface area contributed by atoms with Crippen LogP contribution in [0.3, 0.4) is 0 Å². The zero-order valence-corrected chi connectivity index (χ0v) is 11.9. The molecule has 1 fully saturated rings. The van der Waals surface area contributed by atoms with Crippen molar-refractivity contribution in [2.75, 3.05) is 7.11 Å². The fourth-order valence-electron chi connectivity index (χ4n) is 3.41. The predicted molar refractivity (Wildman–Crippen MR) is 73.6 cm³/mol. The molecule has 0 saturated heterocycles. The van der Waals surface area contributed by atoms with Crippen LogP contribution in [-0.2, 0) is 0 Å². The van der Waals surface area contributed by atoms with Gasteiger partial charge in [-0.25, -0.2) is 4.39 Å². The van der Waals surface area contributed by atoms with Crippen molar-refractivity contribution in [3.05, 3.63) is 29.6 Å². The third-order valence-electron chi connectivity index (χ3n) is 4.18. The van der Waals surface area contributed by atoms with Crippen molar-refractivity contribution < 1.29 is 14.2 Å². The van der Waals surface area contributed by atoms with E-state index >= 15 is 0 Å². The Hall–Kier alpha value is -1.09. The molecule has 2 nitrogen and oxygen atoms in total. The maximum Gasteiger partial charge on any atom is 0.165 e. The monoisotopic (exact) mass is 266 g/mol. The van der Waals surface area contributed by atoms with Crippen LogP contribution < -0.4 is 4.74 Å². The van der Waals surface area contributed by atoms with Gasteiger partial charge in [0.15, 0.2) is 11.6 Å². The lowest BCUT2D eigenvalue weighted by molar-refractivity contribution is 0.0549. The van der Waals surface area contributed by atoms with Crippen LogP contribution in [0, 0.1) is 23.6 Å². The lowest BCUT2D eigenvalue weighted by atomic mass is 9.73. The average Bonchev–Trinajstić information content (AvgIpc) is 2.36. The van der Waals surface area contributed by atoms with E-state index in [1.54, 1.807) is 12.1 Å². The van der Waals surface area contributed by atoms with E-state index in [1.165, 1.54) is 19.6 Å². The second-order valence-electron chi connectivity index (χ2n) is 6.02. The molecule has 2 rings (SSSR count). The quantitative estimate of drug-likeness (QED) is 0.898. The van der Waals surface area contributed by atoms with Gasteiger partial charge in [-0.3, -0.25) is 0 Å². The van der Waals surface area contributed by atoms with Crippen molar-refractivity contribution in [3.63, 3.8) is 0 Å². The summed E-state index contributed by atoms with van der Waals surface area (Å²) < 4.78 is 18.6. The number of halogens is 1. The van der Waals surface area contributed by atoms with Gasteiger partial charge in [0.2, 0.25) is 0 Å². The van der Waals surface area contributed by atoms with Crippen LogP contribution in [0.1, 0.15) is 44.8 Å². The number of rotatable bonds is 3. The minimum absolute atomic E-state index is 0.223. The van der Waals surface area contributed by atoms with E-state index in [-0.39, 0.29) is 11.7 Å². The maximum atomic E-state index is 13.7. The zero-order chi connectivity index (χ0) is 14.0. The first-order chi connectivity index (χ1) is 9.01. The first kappa shape index (κ1) is 14.3. The Morgan fingerprint density at radius 2 is 1.84 bits per heavy atom. The van der Waals surface area contributed by atoms with Gasteiger partial charge in [0.05, 0.1) is 13.2 Å². The fraction of sp³-hybridized carbons (Fsp3) is 0.625. The molecular formula is C16H23FO2. The summed E-state index contributed by atoms with van der Waals surface area (Å²) in [4.78, 5) is 0. The summed E-state index contributed by atoms with van der Waals surface area (Å²) in [7, 11) is 1.44. The van der Waals surface area contributed by atoms with Crippen LogP contribution in [0.2, 0.25) is 0 Å². The van der Waals surface area contributed by atoms with E-state index in [0.29, 0.717) is 17.4 Å². The number of ether oxygens (including phenoxy) is 1. The highest BCUT2D eigenvalue weighted by Crippen LogP contribution is 2.40. The van der Waals surface area contributed by atoms with E-state index in [2.05, 4.69) is 13.8 Å². The average molecular weight is 266 g/mol. The molecule has 1 saturated carbocycles. The van der Waals surface area contributed by atoms with E-state index < -0.39 is 11.9 Å². The van der Waals surface area contributed by atoms with Crippen molar-refractivity contribution in [2.24, 2.45) is 17.8 Å². The summed E-state index contributed by atoms with van der Waals surface area (Å²) in [5.41, 5.74) is 0.657. The van der Waals surface area contributed by atoms with E-state index in [4.69, 9.17) is 4.74 Å². The van der Waals surface area contributed by atoms with Gasteiger partial charge in [0.25, 0.3) is 0 Å². The molecule has 0 spiro atoms. The van der Waals surface area contributed by atoms with Crippen LogP contribution in [0.4, 0.5) is 4.39 Å². The number of aliphatic hydroxyl groups excluding tert-OH is 1. The SMILES string of the molecule is COc1ccc(C(O)C2CC(C)CC(C)C2)cc1F. The molecule has 3 unspecified atom stereocenters. The Kier molecular flexibility index (Phi) is 4.46. The number of hydrogen-bond acceptors (Lipinski definition) is 2. The molecule has 0 amide bonds. The molecule has 3 atom stereocenters. The van der Waals surface area contributed by atoms with Gasteiger partial charge in [-0.05, 0) is 54.7 Å². The highest BCUT2D eigenvalue weighted by Gasteiger charge is 2.30. The maximum absolute atomic E-state index is 13.7. The molecule has 0 aliphatic heterocycles. The second kappa shape index (κ2) is 5.91. The van der Waals surface area contributed by atoms with E-state index in [0.717, 1.165) is 12.8 Å². The van der Waals surface area contributed by atoms with Crippen molar-refractivity contribution in [1.82, 2.24) is 0 Å². The normalized spacial score (nSPS) is 29.0. The molecular weight excluding hydrogens is 243 g/mol. The van der Waals surface area contributed by atoms with Gasteiger partial charge in [-0.15, -0.1) is 0 Å². The van der Waals surface area contributed by atoms with Crippen LogP contribution >= 0.6 is 0 Å². The molecule has 0 radical (unpaired) electrons. The zero-order valence-electron chi connectivity index (χ0n) is 11.9. The minimum atomic E-state index is -0.578. The summed E-state index contributed by atoms with van der Waals surface area (Å²) in [6, 6.07) is 4.74. The summed E-state index contributed by atoms with van der Waals surface area (Å²) in [5, 5.41) is 10.5. The van der Waals surface area contributed by atoms with Gasteiger partial charge < -0.3 is 9.84 Å². The van der Waals surface area contributed by atoms with Crippen molar-refractivity contribution in [1.29, 1.82) is 0 Å². The molecule has 3 heteroatoms. The lowest BCUT2D eigenvalue weighted by Gasteiger charge is -2.34. The van der Waals surface area contributed by atoms with E-state index in [1.807, 2.05) is 0 Å². The smallest absolute Gasteiger partial charge is 0.165 e. The van der Waals surface area contributed by atoms with E-state index in [9.17, 15) is 9.50 Å². The summed E-state index contributed by atoms with van der Waals surface area (Å²) >= 11 is 0. The van der Waals surface area contributed by atoms with Crippen molar-refractivity contribution in [2.45, 2.75) is 39.2 Å². The van der Waals surface area contributed by atoms with Crippen molar-refractivity contribution in [3.8, 4) is 5.75 Å². The molecule has 1 aromatic rings. The fourth-order valence-corrected chi connectivity index (χ4v) is 3.41. The highest BCUT2D eigenvalue weighted by atomic mass is 19.1. The standard InChI is InChI=1S/C16H23FO2/c1-10-6-11(2)8-13(7-10)16(18)12-4-5-15(19-3)14(17)9-12/h4-5,9-11,13,16,18H,6-8H2,1-3H3. The topological polar surface area (TPSA) is 29.5 Å². The third kappa shape index (κ3) is 3.27. The third-order valence-corrected chi connectivity index (χ3v) is 4.18. The van der Waals surface area contributed by atoms with Crippen molar-refractivity contribution >= 4 is 0 Å². The predicted octanol–water partition coefficient (Wildman–Crippen LogP) is 3.94. The summed E-state index contributed by atoms with van der Waals surface area (Å²) in [6.07, 6.45) is 2.67. The minimum Gasteiger partial charge on any atom is -0.494 e. The van der Waals surface area contributed by atoms with Crippen LogP contribution in [0.25, 0.3) is 0 Å². The number of benzene rings is 1. The molecule has 1 aliphatic rings. The molecule has 106 valence electrons. The Labute approximate surface area is 114 Å². The summed E-state index contributed by atoms with van der Waals surface area (Å²) in [6.45, 7) is 4.45. The Balaban J connectivity index is 2.14. The van der Waals surface area contributed by atoms with Gasteiger partial charge >= 0.3 is 0 Å². The molecule has 1 N–H and O–H groups in total.